The third kappa shape index (κ3) is 2.94. The summed E-state index contributed by atoms with van der Waals surface area (Å²) in [6.07, 6.45) is 0. The maximum absolute atomic E-state index is 12.7. The van der Waals surface area contributed by atoms with Gasteiger partial charge >= 0.3 is 0 Å². The number of halogens is 1. The number of hydrogen-bond acceptors (Lipinski definition) is 5. The fourth-order valence-corrected chi connectivity index (χ4v) is 2.29. The van der Waals surface area contributed by atoms with Gasteiger partial charge in [-0.15, -0.1) is 0 Å². The zero-order valence-corrected chi connectivity index (χ0v) is 13.2. The lowest BCUT2D eigenvalue weighted by atomic mass is 10.0. The van der Waals surface area contributed by atoms with E-state index in [1.54, 1.807) is 24.3 Å². The molecular formula is C16H16ClNO4. The van der Waals surface area contributed by atoms with Crippen LogP contribution in [0, 0.1) is 0 Å². The van der Waals surface area contributed by atoms with Crippen LogP contribution in [0.15, 0.2) is 30.3 Å². The topological polar surface area (TPSA) is 70.8 Å². The lowest BCUT2D eigenvalue weighted by Crippen LogP contribution is -2.05. The van der Waals surface area contributed by atoms with Gasteiger partial charge in [-0.2, -0.15) is 0 Å². The fourth-order valence-electron chi connectivity index (χ4n) is 2.08. The lowest BCUT2D eigenvalue weighted by molar-refractivity contribution is 0.103. The molecule has 0 unspecified atom stereocenters. The van der Waals surface area contributed by atoms with Gasteiger partial charge in [-0.05, 0) is 30.3 Å². The molecule has 5 nitrogen and oxygen atoms in total. The molecule has 0 amide bonds. The Balaban J connectivity index is 2.56. The predicted molar refractivity (Wildman–Crippen MR) is 85.4 cm³/mol. The SMILES string of the molecule is COc1cc(C(=O)c2cc(N)ccc2Cl)cc(OC)c1OC. The first-order valence-electron chi connectivity index (χ1n) is 6.41. The molecule has 0 aromatic heterocycles. The third-order valence-corrected chi connectivity index (χ3v) is 3.49. The highest BCUT2D eigenvalue weighted by Crippen LogP contribution is 2.39. The van der Waals surface area contributed by atoms with Gasteiger partial charge in [-0.1, -0.05) is 11.6 Å². The number of rotatable bonds is 5. The first-order chi connectivity index (χ1) is 10.5. The molecule has 0 spiro atoms. The maximum atomic E-state index is 12.7. The average molecular weight is 322 g/mol. The summed E-state index contributed by atoms with van der Waals surface area (Å²) < 4.78 is 15.7. The van der Waals surface area contributed by atoms with E-state index < -0.39 is 0 Å². The van der Waals surface area contributed by atoms with Gasteiger partial charge in [0.25, 0.3) is 0 Å². The van der Waals surface area contributed by atoms with E-state index in [1.165, 1.54) is 27.4 Å². The van der Waals surface area contributed by atoms with E-state index >= 15 is 0 Å². The molecule has 0 bridgehead atoms. The number of hydrogen-bond donors (Lipinski definition) is 1. The Morgan fingerprint density at radius 2 is 1.59 bits per heavy atom. The van der Waals surface area contributed by atoms with E-state index in [0.29, 0.717) is 39.1 Å². The van der Waals surface area contributed by atoms with Gasteiger partial charge in [0.1, 0.15) is 0 Å². The van der Waals surface area contributed by atoms with Gasteiger partial charge < -0.3 is 19.9 Å². The van der Waals surface area contributed by atoms with E-state index in [-0.39, 0.29) is 5.78 Å². The number of ketones is 1. The van der Waals surface area contributed by atoms with Crippen LogP contribution in [-0.4, -0.2) is 27.1 Å². The van der Waals surface area contributed by atoms with Crippen LogP contribution in [-0.2, 0) is 0 Å². The molecule has 0 fully saturated rings. The molecule has 22 heavy (non-hydrogen) atoms. The van der Waals surface area contributed by atoms with Crippen molar-refractivity contribution in [1.29, 1.82) is 0 Å². The number of carbonyl (C=O) groups excluding carboxylic acids is 1. The van der Waals surface area contributed by atoms with Crippen LogP contribution in [0.2, 0.25) is 5.02 Å². The van der Waals surface area contributed by atoms with E-state index in [1.807, 2.05) is 0 Å². The normalized spacial score (nSPS) is 10.2. The Labute approximate surface area is 133 Å². The highest BCUT2D eigenvalue weighted by atomic mass is 35.5. The summed E-state index contributed by atoms with van der Waals surface area (Å²) in [5.41, 5.74) is 6.86. The monoisotopic (exact) mass is 321 g/mol. The van der Waals surface area contributed by atoms with Crippen molar-refractivity contribution in [1.82, 2.24) is 0 Å². The summed E-state index contributed by atoms with van der Waals surface area (Å²) in [6.45, 7) is 0. The van der Waals surface area contributed by atoms with Crippen LogP contribution < -0.4 is 19.9 Å². The third-order valence-electron chi connectivity index (χ3n) is 3.16. The van der Waals surface area contributed by atoms with Crippen LogP contribution in [0.5, 0.6) is 17.2 Å². The van der Waals surface area contributed by atoms with Crippen molar-refractivity contribution < 1.29 is 19.0 Å². The minimum Gasteiger partial charge on any atom is -0.493 e. The molecule has 0 atom stereocenters. The molecule has 6 heteroatoms. The van der Waals surface area contributed by atoms with E-state index in [9.17, 15) is 4.79 Å². The Morgan fingerprint density at radius 3 is 2.09 bits per heavy atom. The van der Waals surface area contributed by atoms with Crippen molar-refractivity contribution in [2.75, 3.05) is 27.1 Å². The van der Waals surface area contributed by atoms with Gasteiger partial charge in [0.15, 0.2) is 17.3 Å². The second kappa shape index (κ2) is 6.58. The molecule has 0 heterocycles. The number of methoxy groups -OCH3 is 3. The van der Waals surface area contributed by atoms with E-state index in [0.717, 1.165) is 0 Å². The van der Waals surface area contributed by atoms with Crippen molar-refractivity contribution in [3.05, 3.63) is 46.5 Å². The van der Waals surface area contributed by atoms with Crippen molar-refractivity contribution >= 4 is 23.1 Å². The van der Waals surface area contributed by atoms with Gasteiger partial charge in [0, 0.05) is 16.8 Å². The summed E-state index contributed by atoms with van der Waals surface area (Å²) >= 11 is 6.08. The van der Waals surface area contributed by atoms with Crippen LogP contribution >= 0.6 is 11.6 Å². The van der Waals surface area contributed by atoms with Crippen molar-refractivity contribution in [3.8, 4) is 17.2 Å². The Hall–Kier alpha value is -2.40. The molecule has 2 N–H and O–H groups in total. The first-order valence-corrected chi connectivity index (χ1v) is 6.79. The molecule has 0 saturated carbocycles. The lowest BCUT2D eigenvalue weighted by Gasteiger charge is -2.14. The fraction of sp³-hybridized carbons (Fsp3) is 0.188. The number of carbonyl (C=O) groups is 1. The largest absolute Gasteiger partial charge is 0.493 e. The molecule has 2 aromatic carbocycles. The zero-order valence-electron chi connectivity index (χ0n) is 12.5. The number of nitrogen functional groups attached to an aromatic ring is 1. The number of benzene rings is 2. The summed E-state index contributed by atoms with van der Waals surface area (Å²) in [7, 11) is 4.47. The van der Waals surface area contributed by atoms with Crippen LogP contribution in [0.1, 0.15) is 15.9 Å². The zero-order chi connectivity index (χ0) is 16.3. The van der Waals surface area contributed by atoms with Crippen LogP contribution in [0.25, 0.3) is 0 Å². The van der Waals surface area contributed by atoms with Crippen molar-refractivity contribution in [2.24, 2.45) is 0 Å². The Morgan fingerprint density at radius 1 is 1.00 bits per heavy atom. The summed E-state index contributed by atoms with van der Waals surface area (Å²) in [5.74, 6) is 0.923. The average Bonchev–Trinajstić information content (AvgIpc) is 2.54. The molecule has 2 rings (SSSR count). The summed E-state index contributed by atoms with van der Waals surface area (Å²) in [4.78, 5) is 12.7. The van der Waals surface area contributed by atoms with Crippen LogP contribution in [0.3, 0.4) is 0 Å². The molecule has 0 aliphatic rings. The van der Waals surface area contributed by atoms with E-state index in [2.05, 4.69) is 0 Å². The quantitative estimate of drug-likeness (QED) is 0.676. The Bertz CT molecular complexity index is 690. The minimum absolute atomic E-state index is 0.281. The number of ether oxygens (including phenoxy) is 3. The Kier molecular flexibility index (Phi) is 4.78. The maximum Gasteiger partial charge on any atom is 0.203 e. The molecule has 0 saturated heterocycles. The molecule has 116 valence electrons. The van der Waals surface area contributed by atoms with Crippen molar-refractivity contribution in [2.45, 2.75) is 0 Å². The highest BCUT2D eigenvalue weighted by molar-refractivity contribution is 6.35. The summed E-state index contributed by atoms with van der Waals surface area (Å²) in [6, 6.07) is 7.90. The predicted octanol–water partition coefficient (Wildman–Crippen LogP) is 3.18. The standard InChI is InChI=1S/C16H16ClNO4/c1-20-13-6-9(7-14(21-2)16(13)22-3)15(19)11-8-10(18)4-5-12(11)17/h4-8H,18H2,1-3H3. The molecule has 0 aliphatic carbocycles. The van der Waals surface area contributed by atoms with Gasteiger partial charge in [-0.25, -0.2) is 0 Å². The van der Waals surface area contributed by atoms with Crippen LogP contribution in [0.4, 0.5) is 5.69 Å². The highest BCUT2D eigenvalue weighted by Gasteiger charge is 2.19. The molecule has 0 aliphatic heterocycles. The second-order valence-electron chi connectivity index (χ2n) is 4.48. The van der Waals surface area contributed by atoms with Crippen molar-refractivity contribution in [3.63, 3.8) is 0 Å². The smallest absolute Gasteiger partial charge is 0.203 e. The molecule has 0 radical (unpaired) electrons. The number of anilines is 1. The van der Waals surface area contributed by atoms with Gasteiger partial charge in [0.05, 0.1) is 26.4 Å². The number of nitrogens with two attached hydrogens (primary N) is 1. The molecule has 2 aromatic rings. The van der Waals surface area contributed by atoms with Gasteiger partial charge in [-0.3, -0.25) is 4.79 Å². The summed E-state index contributed by atoms with van der Waals surface area (Å²) in [5, 5.41) is 0.327. The second-order valence-corrected chi connectivity index (χ2v) is 4.89. The van der Waals surface area contributed by atoms with E-state index in [4.69, 9.17) is 31.5 Å². The molecular weight excluding hydrogens is 306 g/mol. The van der Waals surface area contributed by atoms with Gasteiger partial charge in [0.2, 0.25) is 5.75 Å². The first kappa shape index (κ1) is 16.0. The minimum atomic E-state index is -0.281.